The van der Waals surface area contributed by atoms with Gasteiger partial charge in [0.05, 0.1) is 48.0 Å². The molecule has 28 heavy (non-hydrogen) atoms. The van der Waals surface area contributed by atoms with Crippen LogP contribution >= 0.6 is 0 Å². The molecule has 150 valence electrons. The molecule has 9 nitrogen and oxygen atoms in total. The van der Waals surface area contributed by atoms with Crippen LogP contribution in [0.2, 0.25) is 0 Å². The lowest BCUT2D eigenvalue weighted by molar-refractivity contribution is -0.384. The highest BCUT2D eigenvalue weighted by molar-refractivity contribution is 6.00. The van der Waals surface area contributed by atoms with Crippen molar-refractivity contribution < 1.29 is 28.7 Å². The third kappa shape index (κ3) is 4.20. The van der Waals surface area contributed by atoms with Crippen molar-refractivity contribution in [2.24, 2.45) is 0 Å². The predicted molar refractivity (Wildman–Crippen MR) is 99.2 cm³/mol. The van der Waals surface area contributed by atoms with E-state index < -0.39 is 22.8 Å². The summed E-state index contributed by atoms with van der Waals surface area (Å²) in [6, 6.07) is 5.78. The summed E-state index contributed by atoms with van der Waals surface area (Å²) in [6.07, 6.45) is 0. The van der Waals surface area contributed by atoms with Crippen LogP contribution < -0.4 is 5.32 Å². The first kappa shape index (κ1) is 21.1. The lowest BCUT2D eigenvalue weighted by atomic mass is 9.80. The van der Waals surface area contributed by atoms with Crippen molar-refractivity contribution in [3.05, 3.63) is 62.5 Å². The Kier molecular flexibility index (Phi) is 6.89. The first-order valence-corrected chi connectivity index (χ1v) is 8.55. The number of carbonyl (C=O) groups is 2. The third-order valence-electron chi connectivity index (χ3n) is 4.25. The second-order valence-electron chi connectivity index (χ2n) is 5.99. The van der Waals surface area contributed by atoms with Crippen LogP contribution in [0, 0.1) is 10.1 Å². The first-order chi connectivity index (χ1) is 13.3. The summed E-state index contributed by atoms with van der Waals surface area (Å²) in [7, 11) is 2.69. The number of nitro benzene ring substituents is 1. The van der Waals surface area contributed by atoms with Crippen molar-refractivity contribution in [2.75, 3.05) is 27.4 Å². The lowest BCUT2D eigenvalue weighted by Gasteiger charge is -2.31. The highest BCUT2D eigenvalue weighted by atomic mass is 16.6. The van der Waals surface area contributed by atoms with Gasteiger partial charge in [-0.2, -0.15) is 0 Å². The molecule has 0 saturated carbocycles. The minimum atomic E-state index is -0.905. The Balaban J connectivity index is 2.75. The van der Waals surface area contributed by atoms with E-state index in [0.717, 1.165) is 0 Å². The SMILES string of the molecule is CCOC(=O)C1=C(C)NC(COC)=C(C(=O)OC)C1c1cccc([N+](=O)[O-])c1. The van der Waals surface area contributed by atoms with Crippen LogP contribution in [0.15, 0.2) is 46.8 Å². The van der Waals surface area contributed by atoms with Gasteiger partial charge in [0.25, 0.3) is 5.69 Å². The minimum absolute atomic E-state index is 0.0588. The van der Waals surface area contributed by atoms with Crippen LogP contribution in [-0.4, -0.2) is 44.3 Å². The number of esters is 2. The summed E-state index contributed by atoms with van der Waals surface area (Å²) in [4.78, 5) is 36.0. The number of benzene rings is 1. The van der Waals surface area contributed by atoms with E-state index in [1.807, 2.05) is 0 Å². The molecule has 1 aliphatic rings. The smallest absolute Gasteiger partial charge is 0.336 e. The lowest BCUT2D eigenvalue weighted by Crippen LogP contribution is -2.34. The van der Waals surface area contributed by atoms with Gasteiger partial charge in [0.1, 0.15) is 0 Å². The van der Waals surface area contributed by atoms with E-state index in [1.54, 1.807) is 19.9 Å². The molecule has 1 unspecified atom stereocenters. The average Bonchev–Trinajstić information content (AvgIpc) is 2.67. The zero-order chi connectivity index (χ0) is 20.8. The van der Waals surface area contributed by atoms with Gasteiger partial charge in [-0.15, -0.1) is 0 Å². The van der Waals surface area contributed by atoms with Gasteiger partial charge in [0.15, 0.2) is 0 Å². The number of nitrogens with zero attached hydrogens (tertiary/aromatic N) is 1. The van der Waals surface area contributed by atoms with Gasteiger partial charge in [-0.05, 0) is 19.4 Å². The van der Waals surface area contributed by atoms with E-state index in [1.165, 1.54) is 32.4 Å². The number of carbonyl (C=O) groups excluding carboxylic acids is 2. The highest BCUT2D eigenvalue weighted by Crippen LogP contribution is 2.40. The van der Waals surface area contributed by atoms with Gasteiger partial charge < -0.3 is 19.5 Å². The van der Waals surface area contributed by atoms with Gasteiger partial charge in [-0.3, -0.25) is 10.1 Å². The van der Waals surface area contributed by atoms with Crippen molar-refractivity contribution in [1.29, 1.82) is 0 Å². The molecule has 1 N–H and O–H groups in total. The fraction of sp³-hybridized carbons (Fsp3) is 0.368. The molecule has 9 heteroatoms. The van der Waals surface area contributed by atoms with E-state index in [9.17, 15) is 19.7 Å². The molecular formula is C19H22N2O7. The van der Waals surface area contributed by atoms with Crippen LogP contribution in [0.25, 0.3) is 0 Å². The number of nitrogens with one attached hydrogen (secondary N) is 1. The number of rotatable bonds is 7. The minimum Gasteiger partial charge on any atom is -0.466 e. The number of non-ortho nitro benzene ring substituents is 1. The Morgan fingerprint density at radius 1 is 1.21 bits per heavy atom. The van der Waals surface area contributed by atoms with Crippen molar-refractivity contribution in [3.63, 3.8) is 0 Å². The van der Waals surface area contributed by atoms with Gasteiger partial charge in [-0.25, -0.2) is 9.59 Å². The van der Waals surface area contributed by atoms with Crippen LogP contribution in [0.3, 0.4) is 0 Å². The van der Waals surface area contributed by atoms with E-state index in [4.69, 9.17) is 14.2 Å². The van der Waals surface area contributed by atoms with Crippen LogP contribution in [0.4, 0.5) is 5.69 Å². The van der Waals surface area contributed by atoms with Crippen LogP contribution in [-0.2, 0) is 23.8 Å². The highest BCUT2D eigenvalue weighted by Gasteiger charge is 2.39. The number of dihydropyridines is 1. The third-order valence-corrected chi connectivity index (χ3v) is 4.25. The number of allylic oxidation sites excluding steroid dienone is 1. The Morgan fingerprint density at radius 2 is 1.93 bits per heavy atom. The van der Waals surface area contributed by atoms with Crippen LogP contribution in [0.1, 0.15) is 25.3 Å². The van der Waals surface area contributed by atoms with Crippen LogP contribution in [0.5, 0.6) is 0 Å². The molecule has 0 fully saturated rings. The molecule has 0 amide bonds. The molecule has 2 rings (SSSR count). The monoisotopic (exact) mass is 390 g/mol. The number of ether oxygens (including phenoxy) is 3. The van der Waals surface area contributed by atoms with Gasteiger partial charge in [0.2, 0.25) is 0 Å². The maximum atomic E-state index is 12.7. The molecule has 1 aromatic carbocycles. The second-order valence-corrected chi connectivity index (χ2v) is 5.99. The van der Waals surface area contributed by atoms with Gasteiger partial charge in [-0.1, -0.05) is 12.1 Å². The van der Waals surface area contributed by atoms with Gasteiger partial charge in [0, 0.05) is 24.9 Å². The molecule has 0 aliphatic carbocycles. The first-order valence-electron chi connectivity index (χ1n) is 8.55. The maximum absolute atomic E-state index is 12.7. The molecule has 1 atom stereocenters. The average molecular weight is 390 g/mol. The number of hydrogen-bond donors (Lipinski definition) is 1. The van der Waals surface area contributed by atoms with E-state index in [0.29, 0.717) is 17.0 Å². The van der Waals surface area contributed by atoms with Crippen molar-refractivity contribution in [1.82, 2.24) is 5.32 Å². The topological polar surface area (TPSA) is 117 Å². The Labute approximate surface area is 162 Å². The number of nitro groups is 1. The largest absolute Gasteiger partial charge is 0.466 e. The van der Waals surface area contributed by atoms with Crippen molar-refractivity contribution in [2.45, 2.75) is 19.8 Å². The molecular weight excluding hydrogens is 368 g/mol. The summed E-state index contributed by atoms with van der Waals surface area (Å²) in [6.45, 7) is 3.53. The number of methoxy groups -OCH3 is 2. The molecule has 0 bridgehead atoms. The second kappa shape index (κ2) is 9.14. The molecule has 1 aliphatic heterocycles. The zero-order valence-corrected chi connectivity index (χ0v) is 16.1. The summed E-state index contributed by atoms with van der Waals surface area (Å²) in [5.41, 5.74) is 1.44. The number of hydrogen-bond acceptors (Lipinski definition) is 8. The molecule has 0 aromatic heterocycles. The van der Waals surface area contributed by atoms with E-state index in [-0.39, 0.29) is 30.0 Å². The van der Waals surface area contributed by atoms with E-state index >= 15 is 0 Å². The summed E-state index contributed by atoms with van der Waals surface area (Å²) < 4.78 is 15.2. The quantitative estimate of drug-likeness (QED) is 0.428. The molecule has 1 aromatic rings. The maximum Gasteiger partial charge on any atom is 0.336 e. The van der Waals surface area contributed by atoms with Crippen molar-refractivity contribution in [3.8, 4) is 0 Å². The Bertz CT molecular complexity index is 858. The molecule has 1 heterocycles. The summed E-state index contributed by atoms with van der Waals surface area (Å²) >= 11 is 0. The Morgan fingerprint density at radius 3 is 2.50 bits per heavy atom. The predicted octanol–water partition coefficient (Wildman–Crippen LogP) is 2.19. The fourth-order valence-electron chi connectivity index (χ4n) is 3.14. The zero-order valence-electron chi connectivity index (χ0n) is 16.1. The normalized spacial score (nSPS) is 16.5. The summed E-state index contributed by atoms with van der Waals surface area (Å²) in [5, 5.41) is 14.2. The molecule has 0 saturated heterocycles. The molecule has 0 spiro atoms. The standard InChI is InChI=1S/C19H22N2O7/c1-5-28-19(23)15-11(2)20-14(10-26-3)17(18(22)27-4)16(15)12-7-6-8-13(9-12)21(24)25/h6-9,16,20H,5,10H2,1-4H3. The fourth-order valence-corrected chi connectivity index (χ4v) is 3.14. The molecule has 0 radical (unpaired) electrons. The van der Waals surface area contributed by atoms with E-state index in [2.05, 4.69) is 5.32 Å². The van der Waals surface area contributed by atoms with Gasteiger partial charge >= 0.3 is 11.9 Å². The Hall–Kier alpha value is -3.20. The summed E-state index contributed by atoms with van der Waals surface area (Å²) in [5.74, 6) is -2.20. The van der Waals surface area contributed by atoms with Crippen molar-refractivity contribution >= 4 is 17.6 Å².